The molecule has 0 aliphatic carbocycles. The largest absolute Gasteiger partial charge is 0.359 e. The maximum Gasteiger partial charge on any atom is 0.159 e. The molecule has 0 N–H and O–H groups in total. The summed E-state index contributed by atoms with van der Waals surface area (Å²) in [4.78, 5) is 0. The summed E-state index contributed by atoms with van der Waals surface area (Å²) in [5.41, 5.74) is 3.68. The van der Waals surface area contributed by atoms with Gasteiger partial charge in [0.1, 0.15) is 5.69 Å². The Bertz CT molecular complexity index is 740. The van der Waals surface area contributed by atoms with Crippen molar-refractivity contribution in [1.29, 1.82) is 5.26 Å². The predicted octanol–water partition coefficient (Wildman–Crippen LogP) is 4.07. The molecule has 96 valence electrons. The Kier molecular flexibility index (Phi) is 3.30. The van der Waals surface area contributed by atoms with Gasteiger partial charge in [0, 0.05) is 5.56 Å². The molecule has 0 saturated carbocycles. The molecule has 0 aliphatic heterocycles. The summed E-state index contributed by atoms with van der Waals surface area (Å²) in [6, 6.07) is 21.9. The fourth-order valence-electron chi connectivity index (χ4n) is 2.21. The number of nitriles is 1. The van der Waals surface area contributed by atoms with Crippen LogP contribution in [0, 0.1) is 11.3 Å². The second-order valence-electron chi connectivity index (χ2n) is 4.40. The third kappa shape index (κ3) is 2.19. The van der Waals surface area contributed by atoms with E-state index in [2.05, 4.69) is 11.2 Å². The normalized spacial score (nSPS) is 10.2. The zero-order valence-corrected chi connectivity index (χ0v) is 10.8. The first kappa shape index (κ1) is 12.2. The first-order valence-corrected chi connectivity index (χ1v) is 6.36. The number of nitrogens with zero attached hydrogens (tertiary/aromatic N) is 2. The molecule has 3 nitrogen and oxygen atoms in total. The Morgan fingerprint density at radius 1 is 0.900 bits per heavy atom. The van der Waals surface area contributed by atoms with Gasteiger partial charge >= 0.3 is 0 Å². The van der Waals surface area contributed by atoms with Gasteiger partial charge in [-0.1, -0.05) is 65.8 Å². The molecule has 0 saturated heterocycles. The summed E-state index contributed by atoms with van der Waals surface area (Å²) < 4.78 is 5.37. The first-order valence-electron chi connectivity index (χ1n) is 6.36. The fraction of sp³-hybridized carbons (Fsp3) is 0.0588. The van der Waals surface area contributed by atoms with Crippen LogP contribution in [0.15, 0.2) is 65.2 Å². The summed E-state index contributed by atoms with van der Waals surface area (Å²) in [5.74, 6) is 0.609. The van der Waals surface area contributed by atoms with E-state index in [1.807, 2.05) is 60.7 Å². The summed E-state index contributed by atoms with van der Waals surface area (Å²) in [5, 5.41) is 13.1. The van der Waals surface area contributed by atoms with Gasteiger partial charge in [-0.25, -0.2) is 0 Å². The van der Waals surface area contributed by atoms with Crippen molar-refractivity contribution in [3.05, 3.63) is 66.4 Å². The lowest BCUT2D eigenvalue weighted by Crippen LogP contribution is -1.86. The third-order valence-corrected chi connectivity index (χ3v) is 3.11. The Hall–Kier alpha value is -2.86. The molecule has 1 heterocycles. The zero-order valence-electron chi connectivity index (χ0n) is 10.8. The van der Waals surface area contributed by atoms with E-state index >= 15 is 0 Å². The minimum atomic E-state index is 0.212. The van der Waals surface area contributed by atoms with E-state index < -0.39 is 0 Å². The molecule has 20 heavy (non-hydrogen) atoms. The van der Waals surface area contributed by atoms with Gasteiger partial charge in [-0.05, 0) is 5.56 Å². The fourth-order valence-corrected chi connectivity index (χ4v) is 2.21. The molecule has 0 bridgehead atoms. The quantitative estimate of drug-likeness (QED) is 0.713. The van der Waals surface area contributed by atoms with Gasteiger partial charge < -0.3 is 4.52 Å². The van der Waals surface area contributed by atoms with Gasteiger partial charge in [0.15, 0.2) is 5.76 Å². The highest BCUT2D eigenvalue weighted by Gasteiger charge is 2.18. The number of hydrogen-bond donors (Lipinski definition) is 0. The molecule has 0 aliphatic rings. The Morgan fingerprint density at radius 3 is 2.10 bits per heavy atom. The zero-order chi connectivity index (χ0) is 13.8. The van der Waals surface area contributed by atoms with Crippen LogP contribution < -0.4 is 0 Å². The molecule has 0 amide bonds. The summed E-state index contributed by atoms with van der Waals surface area (Å²) >= 11 is 0. The standard InChI is InChI=1S/C17H12N2O/c18-12-11-15-16(13-7-3-1-4-8-13)17(19-20-15)14-9-5-2-6-10-14/h1-10H,11H2. The Balaban J connectivity index is 2.20. The average Bonchev–Trinajstić information content (AvgIpc) is 2.93. The van der Waals surface area contributed by atoms with Gasteiger partial charge in [-0.2, -0.15) is 5.26 Å². The minimum Gasteiger partial charge on any atom is -0.359 e. The van der Waals surface area contributed by atoms with Crippen molar-refractivity contribution in [1.82, 2.24) is 5.16 Å². The Labute approximate surface area is 117 Å². The maximum absolute atomic E-state index is 8.93. The molecule has 1 aromatic heterocycles. The monoisotopic (exact) mass is 260 g/mol. The molecular formula is C17H12N2O. The number of rotatable bonds is 3. The van der Waals surface area contributed by atoms with Crippen LogP contribution in [0.1, 0.15) is 5.76 Å². The summed E-state index contributed by atoms with van der Waals surface area (Å²) in [7, 11) is 0. The van der Waals surface area contributed by atoms with Crippen molar-refractivity contribution in [2.75, 3.05) is 0 Å². The van der Waals surface area contributed by atoms with E-state index in [1.54, 1.807) is 0 Å². The van der Waals surface area contributed by atoms with E-state index in [0.717, 1.165) is 22.4 Å². The van der Waals surface area contributed by atoms with E-state index in [0.29, 0.717) is 5.76 Å². The maximum atomic E-state index is 8.93. The summed E-state index contributed by atoms with van der Waals surface area (Å²) in [6.07, 6.45) is 0.212. The molecule has 0 atom stereocenters. The lowest BCUT2D eigenvalue weighted by Gasteiger charge is -2.03. The van der Waals surface area contributed by atoms with Crippen LogP contribution in [0.5, 0.6) is 0 Å². The molecule has 2 aromatic carbocycles. The van der Waals surface area contributed by atoms with E-state index in [-0.39, 0.29) is 6.42 Å². The molecule has 3 rings (SSSR count). The number of aromatic nitrogens is 1. The van der Waals surface area contributed by atoms with E-state index in [4.69, 9.17) is 9.78 Å². The molecule has 0 fully saturated rings. The lowest BCUT2D eigenvalue weighted by atomic mass is 9.98. The van der Waals surface area contributed by atoms with Crippen molar-refractivity contribution < 1.29 is 4.52 Å². The predicted molar refractivity (Wildman–Crippen MR) is 76.7 cm³/mol. The van der Waals surface area contributed by atoms with Crippen molar-refractivity contribution in [2.24, 2.45) is 0 Å². The minimum absolute atomic E-state index is 0.212. The average molecular weight is 260 g/mol. The van der Waals surface area contributed by atoms with Crippen LogP contribution in [0.4, 0.5) is 0 Å². The van der Waals surface area contributed by atoms with E-state index in [9.17, 15) is 0 Å². The molecule has 3 heteroatoms. The van der Waals surface area contributed by atoms with Crippen molar-refractivity contribution in [3.63, 3.8) is 0 Å². The highest BCUT2D eigenvalue weighted by atomic mass is 16.5. The van der Waals surface area contributed by atoms with E-state index in [1.165, 1.54) is 0 Å². The SMILES string of the molecule is N#CCc1onc(-c2ccccc2)c1-c1ccccc1. The van der Waals surface area contributed by atoms with Crippen LogP contribution in [0.3, 0.4) is 0 Å². The molecule has 0 unspecified atom stereocenters. The Morgan fingerprint density at radius 2 is 1.50 bits per heavy atom. The third-order valence-electron chi connectivity index (χ3n) is 3.11. The molecule has 3 aromatic rings. The van der Waals surface area contributed by atoms with Crippen LogP contribution >= 0.6 is 0 Å². The van der Waals surface area contributed by atoms with Crippen LogP contribution in [-0.4, -0.2) is 5.16 Å². The van der Waals surface area contributed by atoms with Crippen LogP contribution in [-0.2, 0) is 6.42 Å². The second kappa shape index (κ2) is 5.41. The van der Waals surface area contributed by atoms with Crippen LogP contribution in [0.2, 0.25) is 0 Å². The highest BCUT2D eigenvalue weighted by molar-refractivity contribution is 5.82. The number of hydrogen-bond acceptors (Lipinski definition) is 3. The van der Waals surface area contributed by atoms with Crippen molar-refractivity contribution in [3.8, 4) is 28.5 Å². The van der Waals surface area contributed by atoms with Crippen LogP contribution in [0.25, 0.3) is 22.4 Å². The van der Waals surface area contributed by atoms with Gasteiger partial charge in [0.2, 0.25) is 0 Å². The van der Waals surface area contributed by atoms with Crippen molar-refractivity contribution >= 4 is 0 Å². The second-order valence-corrected chi connectivity index (χ2v) is 4.40. The smallest absolute Gasteiger partial charge is 0.159 e. The number of benzene rings is 2. The molecule has 0 radical (unpaired) electrons. The van der Waals surface area contributed by atoms with Gasteiger partial charge in [0.05, 0.1) is 18.1 Å². The molecule has 0 spiro atoms. The van der Waals surface area contributed by atoms with Gasteiger partial charge in [0.25, 0.3) is 0 Å². The topological polar surface area (TPSA) is 49.8 Å². The van der Waals surface area contributed by atoms with Crippen molar-refractivity contribution in [2.45, 2.75) is 6.42 Å². The molecular weight excluding hydrogens is 248 g/mol. The van der Waals surface area contributed by atoms with Gasteiger partial charge in [-0.3, -0.25) is 0 Å². The summed E-state index contributed by atoms with van der Waals surface area (Å²) in [6.45, 7) is 0. The lowest BCUT2D eigenvalue weighted by molar-refractivity contribution is 0.394. The highest BCUT2D eigenvalue weighted by Crippen LogP contribution is 2.34. The first-order chi connectivity index (χ1) is 9.90. The van der Waals surface area contributed by atoms with Gasteiger partial charge in [-0.15, -0.1) is 0 Å².